The van der Waals surface area contributed by atoms with Gasteiger partial charge in [0.2, 0.25) is 0 Å². The number of aromatic nitrogens is 3. The minimum atomic E-state index is -1.17. The zero-order valence-electron chi connectivity index (χ0n) is 9.80. The van der Waals surface area contributed by atoms with Gasteiger partial charge in [0, 0.05) is 17.2 Å². The van der Waals surface area contributed by atoms with E-state index in [2.05, 4.69) is 10.3 Å². The Kier molecular flexibility index (Phi) is 4.04. The molecule has 0 aliphatic rings. The number of hydrogen-bond donors (Lipinski definition) is 1. The normalized spacial score (nSPS) is 10.7. The highest BCUT2D eigenvalue weighted by Gasteiger charge is 2.20. The smallest absolute Gasteiger partial charge is 0.358 e. The second-order valence-corrected chi connectivity index (χ2v) is 4.54. The fourth-order valence-electron chi connectivity index (χ4n) is 1.60. The summed E-state index contributed by atoms with van der Waals surface area (Å²) < 4.78 is 6.31. The summed E-state index contributed by atoms with van der Waals surface area (Å²) in [6.07, 6.45) is 0. The van der Waals surface area contributed by atoms with Gasteiger partial charge in [0.05, 0.1) is 12.3 Å². The van der Waals surface area contributed by atoms with Crippen LogP contribution in [-0.4, -0.2) is 33.2 Å². The molecule has 0 fully saturated rings. The van der Waals surface area contributed by atoms with Crippen molar-refractivity contribution in [3.8, 4) is 5.69 Å². The maximum absolute atomic E-state index is 11.1. The molecule has 0 unspecified atom stereocenters. The molecule has 0 spiro atoms. The summed E-state index contributed by atoms with van der Waals surface area (Å²) in [5, 5.41) is 17.3. The van der Waals surface area contributed by atoms with Gasteiger partial charge in [-0.1, -0.05) is 28.4 Å². The topological polar surface area (TPSA) is 77.2 Å². The van der Waals surface area contributed by atoms with Crippen LogP contribution in [0.5, 0.6) is 0 Å². The van der Waals surface area contributed by atoms with E-state index in [0.29, 0.717) is 21.4 Å². The molecule has 0 atom stereocenters. The monoisotopic (exact) mass is 301 g/mol. The van der Waals surface area contributed by atoms with E-state index in [4.69, 9.17) is 33.0 Å². The van der Waals surface area contributed by atoms with Gasteiger partial charge in [-0.25, -0.2) is 9.48 Å². The molecule has 0 radical (unpaired) electrons. The van der Waals surface area contributed by atoms with E-state index in [1.165, 1.54) is 11.8 Å². The third kappa shape index (κ3) is 2.86. The highest BCUT2D eigenvalue weighted by molar-refractivity contribution is 6.34. The molecule has 2 rings (SSSR count). The predicted octanol–water partition coefficient (Wildman–Crippen LogP) is 2.42. The Morgan fingerprint density at radius 2 is 2.00 bits per heavy atom. The first-order valence-corrected chi connectivity index (χ1v) is 5.91. The van der Waals surface area contributed by atoms with Crippen LogP contribution in [0.2, 0.25) is 10.0 Å². The summed E-state index contributed by atoms with van der Waals surface area (Å²) in [7, 11) is 1.45. The lowest BCUT2D eigenvalue weighted by atomic mass is 10.3. The zero-order chi connectivity index (χ0) is 14.0. The molecule has 19 heavy (non-hydrogen) atoms. The third-order valence-corrected chi connectivity index (χ3v) is 2.78. The fourth-order valence-corrected chi connectivity index (χ4v) is 2.12. The van der Waals surface area contributed by atoms with Crippen LogP contribution in [0.15, 0.2) is 18.2 Å². The Labute approximate surface area is 118 Å². The summed E-state index contributed by atoms with van der Waals surface area (Å²) in [6, 6.07) is 4.78. The molecule has 1 heterocycles. The fraction of sp³-hybridized carbons (Fsp3) is 0.182. The van der Waals surface area contributed by atoms with Crippen molar-refractivity contribution in [1.29, 1.82) is 0 Å². The van der Waals surface area contributed by atoms with Crippen molar-refractivity contribution in [2.75, 3.05) is 7.11 Å². The van der Waals surface area contributed by atoms with E-state index in [1.807, 2.05) is 0 Å². The Bertz CT molecular complexity index is 607. The van der Waals surface area contributed by atoms with Crippen molar-refractivity contribution >= 4 is 29.2 Å². The highest BCUT2D eigenvalue weighted by atomic mass is 35.5. The van der Waals surface area contributed by atoms with Crippen LogP contribution in [0.1, 0.15) is 16.2 Å². The maximum Gasteiger partial charge on any atom is 0.358 e. The Balaban J connectivity index is 2.58. The molecule has 0 amide bonds. The van der Waals surface area contributed by atoms with E-state index in [0.717, 1.165) is 0 Å². The van der Waals surface area contributed by atoms with Gasteiger partial charge in [-0.05, 0) is 18.2 Å². The van der Waals surface area contributed by atoms with Gasteiger partial charge in [-0.2, -0.15) is 0 Å². The van der Waals surface area contributed by atoms with Crippen molar-refractivity contribution in [2.45, 2.75) is 6.61 Å². The van der Waals surface area contributed by atoms with Crippen LogP contribution in [-0.2, 0) is 11.3 Å². The standard InChI is InChI=1S/C11H9Cl2N3O3/c1-19-5-9-10(11(17)18)14-15-16(9)8-3-6(12)2-7(13)4-8/h2-4H,5H2,1H3,(H,17,18). The minimum Gasteiger partial charge on any atom is -0.476 e. The number of carbonyl (C=O) groups is 1. The average molecular weight is 302 g/mol. The van der Waals surface area contributed by atoms with Crippen molar-refractivity contribution in [2.24, 2.45) is 0 Å². The number of carboxylic acids is 1. The maximum atomic E-state index is 11.1. The average Bonchev–Trinajstić information content (AvgIpc) is 2.72. The lowest BCUT2D eigenvalue weighted by Gasteiger charge is -2.07. The van der Waals surface area contributed by atoms with Crippen molar-refractivity contribution in [1.82, 2.24) is 15.0 Å². The van der Waals surface area contributed by atoms with Crippen LogP contribution < -0.4 is 0 Å². The van der Waals surface area contributed by atoms with E-state index in [9.17, 15) is 4.79 Å². The van der Waals surface area contributed by atoms with Crippen molar-refractivity contribution < 1.29 is 14.6 Å². The number of rotatable bonds is 4. The minimum absolute atomic E-state index is 0.0543. The summed E-state index contributed by atoms with van der Waals surface area (Å²) in [6.45, 7) is 0.0543. The van der Waals surface area contributed by atoms with Crippen LogP contribution in [0.25, 0.3) is 5.69 Å². The van der Waals surface area contributed by atoms with Crippen LogP contribution in [0.4, 0.5) is 0 Å². The van der Waals surface area contributed by atoms with Gasteiger partial charge in [0.1, 0.15) is 5.69 Å². The Morgan fingerprint density at radius 3 is 2.53 bits per heavy atom. The van der Waals surface area contributed by atoms with Crippen molar-refractivity contribution in [3.63, 3.8) is 0 Å². The number of nitrogens with zero attached hydrogens (tertiary/aromatic N) is 3. The molecule has 0 aliphatic heterocycles. The number of benzene rings is 1. The Hall–Kier alpha value is -1.63. The quantitative estimate of drug-likeness (QED) is 0.938. The van der Waals surface area contributed by atoms with Gasteiger partial charge in [0.15, 0.2) is 5.69 Å². The molecular formula is C11H9Cl2N3O3. The van der Waals surface area contributed by atoms with E-state index < -0.39 is 5.97 Å². The summed E-state index contributed by atoms with van der Waals surface area (Å²) >= 11 is 11.8. The number of methoxy groups -OCH3 is 1. The second-order valence-electron chi connectivity index (χ2n) is 3.66. The summed E-state index contributed by atoms with van der Waals surface area (Å²) in [5.74, 6) is -1.17. The van der Waals surface area contributed by atoms with Crippen LogP contribution in [0.3, 0.4) is 0 Å². The molecule has 8 heteroatoms. The molecule has 0 saturated carbocycles. The number of aromatic carboxylic acids is 1. The first kappa shape index (κ1) is 13.8. The van der Waals surface area contributed by atoms with E-state index >= 15 is 0 Å². The number of halogens is 2. The van der Waals surface area contributed by atoms with E-state index in [1.54, 1.807) is 18.2 Å². The van der Waals surface area contributed by atoms with Gasteiger partial charge in [0.25, 0.3) is 0 Å². The van der Waals surface area contributed by atoms with Crippen molar-refractivity contribution in [3.05, 3.63) is 39.6 Å². The third-order valence-electron chi connectivity index (χ3n) is 2.34. The number of hydrogen-bond acceptors (Lipinski definition) is 4. The first-order valence-electron chi connectivity index (χ1n) is 5.16. The Morgan fingerprint density at radius 1 is 1.37 bits per heavy atom. The molecule has 2 aromatic rings. The number of carboxylic acid groups (broad SMARTS) is 1. The molecule has 1 aromatic carbocycles. The largest absolute Gasteiger partial charge is 0.476 e. The van der Waals surface area contributed by atoms with Gasteiger partial charge in [-0.15, -0.1) is 5.10 Å². The molecule has 1 N–H and O–H groups in total. The van der Waals surface area contributed by atoms with E-state index in [-0.39, 0.29) is 12.3 Å². The lowest BCUT2D eigenvalue weighted by molar-refractivity contribution is 0.0685. The predicted molar refractivity (Wildman–Crippen MR) is 69.1 cm³/mol. The summed E-state index contributed by atoms with van der Waals surface area (Å²) in [5.41, 5.74) is 0.663. The molecular weight excluding hydrogens is 293 g/mol. The molecule has 0 saturated heterocycles. The van der Waals surface area contributed by atoms with Gasteiger partial charge in [-0.3, -0.25) is 0 Å². The summed E-state index contributed by atoms with van der Waals surface area (Å²) in [4.78, 5) is 11.1. The molecule has 0 aliphatic carbocycles. The number of ether oxygens (including phenoxy) is 1. The van der Waals surface area contributed by atoms with Gasteiger partial charge < -0.3 is 9.84 Å². The molecule has 6 nitrogen and oxygen atoms in total. The second kappa shape index (κ2) is 5.56. The molecule has 100 valence electrons. The first-order chi connectivity index (χ1) is 9.02. The van der Waals surface area contributed by atoms with Gasteiger partial charge >= 0.3 is 5.97 Å². The lowest BCUT2D eigenvalue weighted by Crippen LogP contribution is -2.08. The van der Waals surface area contributed by atoms with Crippen LogP contribution in [0, 0.1) is 0 Å². The zero-order valence-corrected chi connectivity index (χ0v) is 11.3. The molecule has 0 bridgehead atoms. The van der Waals surface area contributed by atoms with Crippen LogP contribution >= 0.6 is 23.2 Å². The highest BCUT2D eigenvalue weighted by Crippen LogP contribution is 2.23. The molecule has 1 aromatic heterocycles. The SMILES string of the molecule is COCc1c(C(=O)O)nnn1-c1cc(Cl)cc(Cl)c1.